The van der Waals surface area contributed by atoms with E-state index >= 15 is 0 Å². The lowest BCUT2D eigenvalue weighted by Gasteiger charge is -2.21. The quantitative estimate of drug-likeness (QED) is 0.485. The van der Waals surface area contributed by atoms with Gasteiger partial charge in [0, 0.05) is 41.8 Å². The van der Waals surface area contributed by atoms with E-state index in [4.69, 9.17) is 0 Å². The maximum absolute atomic E-state index is 4.51. The van der Waals surface area contributed by atoms with E-state index in [0.717, 1.165) is 31.0 Å². The largest absolute Gasteiger partial charge is 0.287 e. The number of hydrogen-bond acceptors (Lipinski definition) is 5. The van der Waals surface area contributed by atoms with Crippen LogP contribution in [0.5, 0.6) is 0 Å². The summed E-state index contributed by atoms with van der Waals surface area (Å²) in [5, 5.41) is 9.26. The van der Waals surface area contributed by atoms with Crippen LogP contribution in [0.25, 0.3) is 10.6 Å². The van der Waals surface area contributed by atoms with Gasteiger partial charge in [0.15, 0.2) is 0 Å². The first-order valence-electron chi connectivity index (χ1n) is 8.51. The van der Waals surface area contributed by atoms with Crippen LogP contribution in [0.4, 0.5) is 0 Å². The molecule has 4 nitrogen and oxygen atoms in total. The average Bonchev–Trinajstić information content (AvgIpc) is 3.39. The second kappa shape index (κ2) is 7.95. The molecule has 4 aromatic heterocycles. The number of nitrogens with one attached hydrogen (secondary N) is 1. The van der Waals surface area contributed by atoms with Crippen LogP contribution in [0.1, 0.15) is 21.0 Å². The predicted molar refractivity (Wildman–Crippen MR) is 108 cm³/mol. The molecule has 4 heterocycles. The Balaban J connectivity index is 1.53. The summed E-state index contributed by atoms with van der Waals surface area (Å²) in [7, 11) is 0. The number of hydrogen-bond donors (Lipinski definition) is 1. The Hall–Kier alpha value is -2.28. The molecule has 0 bridgehead atoms. The van der Waals surface area contributed by atoms with Crippen LogP contribution in [0, 0.1) is 6.92 Å². The molecule has 26 heavy (non-hydrogen) atoms. The van der Waals surface area contributed by atoms with Crippen LogP contribution in [0.3, 0.4) is 0 Å². The monoisotopic (exact) mass is 380 g/mol. The highest BCUT2D eigenvalue weighted by Crippen LogP contribution is 2.28. The van der Waals surface area contributed by atoms with Gasteiger partial charge in [-0.2, -0.15) is 5.10 Å². The normalized spacial score (nSPS) is 11.3. The molecule has 0 spiro atoms. The Bertz CT molecular complexity index is 941. The zero-order chi connectivity index (χ0) is 17.8. The minimum atomic E-state index is 0.843. The van der Waals surface area contributed by atoms with Crippen molar-refractivity contribution in [2.45, 2.75) is 26.6 Å². The molecule has 0 aliphatic carbocycles. The first kappa shape index (κ1) is 17.1. The Morgan fingerprint density at radius 2 is 1.96 bits per heavy atom. The molecule has 0 amide bonds. The standard InChI is InChI=1S/C20H20N4S2/c1-15-8-11-25-20(15)14-24(12-16-4-2-3-9-21-16)13-17-5-6-19(26-17)18-7-10-22-23-18/h2-11H,12-14H2,1H3,(H,22,23). The molecule has 4 aromatic rings. The van der Waals surface area contributed by atoms with Crippen LogP contribution in [0.2, 0.25) is 0 Å². The lowest BCUT2D eigenvalue weighted by molar-refractivity contribution is 0.249. The second-order valence-electron chi connectivity index (χ2n) is 6.23. The van der Waals surface area contributed by atoms with E-state index in [1.165, 1.54) is 20.2 Å². The third kappa shape index (κ3) is 4.09. The number of nitrogens with zero attached hydrogens (tertiary/aromatic N) is 3. The summed E-state index contributed by atoms with van der Waals surface area (Å²) in [6, 6.07) is 14.7. The molecular formula is C20H20N4S2. The number of aromatic amines is 1. The van der Waals surface area contributed by atoms with Gasteiger partial charge in [0.05, 0.1) is 16.3 Å². The topological polar surface area (TPSA) is 44.8 Å². The van der Waals surface area contributed by atoms with E-state index in [1.54, 1.807) is 6.20 Å². The SMILES string of the molecule is Cc1ccsc1CN(Cc1ccccn1)Cc1ccc(-c2ccn[nH]2)s1. The Labute approximate surface area is 161 Å². The fourth-order valence-corrected chi connectivity index (χ4v) is 4.85. The van der Waals surface area contributed by atoms with Crippen molar-refractivity contribution in [1.82, 2.24) is 20.1 Å². The van der Waals surface area contributed by atoms with Gasteiger partial charge in [0.1, 0.15) is 0 Å². The van der Waals surface area contributed by atoms with Crippen molar-refractivity contribution in [3.05, 3.63) is 81.2 Å². The van der Waals surface area contributed by atoms with E-state index in [2.05, 4.69) is 62.7 Å². The molecule has 0 fully saturated rings. The number of H-pyrrole nitrogens is 1. The molecule has 6 heteroatoms. The highest BCUT2D eigenvalue weighted by Gasteiger charge is 2.13. The van der Waals surface area contributed by atoms with Gasteiger partial charge >= 0.3 is 0 Å². The van der Waals surface area contributed by atoms with Gasteiger partial charge in [-0.3, -0.25) is 15.0 Å². The van der Waals surface area contributed by atoms with Crippen LogP contribution in [-0.4, -0.2) is 20.1 Å². The first-order valence-corrected chi connectivity index (χ1v) is 10.2. The van der Waals surface area contributed by atoms with Gasteiger partial charge in [0.2, 0.25) is 0 Å². The van der Waals surface area contributed by atoms with Gasteiger partial charge < -0.3 is 0 Å². The number of thiophene rings is 2. The summed E-state index contributed by atoms with van der Waals surface area (Å²) in [6.07, 6.45) is 3.66. The summed E-state index contributed by atoms with van der Waals surface area (Å²) < 4.78 is 0. The van der Waals surface area contributed by atoms with Crippen molar-refractivity contribution >= 4 is 22.7 Å². The number of pyridine rings is 1. The summed E-state index contributed by atoms with van der Waals surface area (Å²) in [4.78, 5) is 11.0. The smallest absolute Gasteiger partial charge is 0.0749 e. The van der Waals surface area contributed by atoms with E-state index in [-0.39, 0.29) is 0 Å². The van der Waals surface area contributed by atoms with Crippen molar-refractivity contribution in [3.8, 4) is 10.6 Å². The summed E-state index contributed by atoms with van der Waals surface area (Å²) in [5.74, 6) is 0. The molecule has 0 unspecified atom stereocenters. The summed E-state index contributed by atoms with van der Waals surface area (Å²) in [6.45, 7) is 4.88. The lowest BCUT2D eigenvalue weighted by atomic mass is 10.2. The maximum atomic E-state index is 4.51. The summed E-state index contributed by atoms with van der Waals surface area (Å²) in [5.41, 5.74) is 3.55. The van der Waals surface area contributed by atoms with Gasteiger partial charge in [-0.15, -0.1) is 22.7 Å². The number of rotatable bonds is 7. The molecule has 0 aliphatic rings. The van der Waals surface area contributed by atoms with Crippen molar-refractivity contribution in [3.63, 3.8) is 0 Å². The number of aryl methyl sites for hydroxylation is 1. The van der Waals surface area contributed by atoms with Crippen LogP contribution < -0.4 is 0 Å². The Morgan fingerprint density at radius 1 is 1.00 bits per heavy atom. The van der Waals surface area contributed by atoms with Crippen LogP contribution >= 0.6 is 22.7 Å². The van der Waals surface area contributed by atoms with Gasteiger partial charge in [0.25, 0.3) is 0 Å². The molecule has 1 N–H and O–H groups in total. The first-order chi connectivity index (χ1) is 12.8. The molecule has 0 saturated carbocycles. The van der Waals surface area contributed by atoms with Crippen molar-refractivity contribution in [1.29, 1.82) is 0 Å². The third-order valence-corrected chi connectivity index (χ3v) is 6.37. The maximum Gasteiger partial charge on any atom is 0.0749 e. The fourth-order valence-electron chi connectivity index (χ4n) is 2.88. The molecule has 0 aliphatic heterocycles. The molecule has 0 aromatic carbocycles. The molecule has 4 rings (SSSR count). The van der Waals surface area contributed by atoms with E-state index in [1.807, 2.05) is 41.0 Å². The van der Waals surface area contributed by atoms with Gasteiger partial charge in [-0.25, -0.2) is 0 Å². The molecule has 0 saturated heterocycles. The molecule has 0 radical (unpaired) electrons. The minimum absolute atomic E-state index is 0.843. The minimum Gasteiger partial charge on any atom is -0.287 e. The van der Waals surface area contributed by atoms with E-state index in [9.17, 15) is 0 Å². The van der Waals surface area contributed by atoms with Gasteiger partial charge in [-0.05, 0) is 54.3 Å². The fraction of sp³-hybridized carbons (Fsp3) is 0.200. The van der Waals surface area contributed by atoms with E-state index < -0.39 is 0 Å². The third-order valence-electron chi connectivity index (χ3n) is 4.25. The van der Waals surface area contributed by atoms with Crippen LogP contribution in [-0.2, 0) is 19.6 Å². The van der Waals surface area contributed by atoms with Crippen molar-refractivity contribution in [2.24, 2.45) is 0 Å². The van der Waals surface area contributed by atoms with Crippen LogP contribution in [0.15, 0.2) is 60.2 Å². The zero-order valence-electron chi connectivity index (χ0n) is 14.6. The van der Waals surface area contributed by atoms with Gasteiger partial charge in [-0.1, -0.05) is 6.07 Å². The highest BCUT2D eigenvalue weighted by molar-refractivity contribution is 7.15. The molecular weight excluding hydrogens is 360 g/mol. The predicted octanol–water partition coefficient (Wildman–Crippen LogP) is 5.11. The Morgan fingerprint density at radius 3 is 2.69 bits per heavy atom. The molecule has 132 valence electrons. The lowest BCUT2D eigenvalue weighted by Crippen LogP contribution is -2.22. The highest BCUT2D eigenvalue weighted by atomic mass is 32.1. The van der Waals surface area contributed by atoms with Crippen molar-refractivity contribution in [2.75, 3.05) is 0 Å². The molecule has 0 atom stereocenters. The Kier molecular flexibility index (Phi) is 5.24. The number of aromatic nitrogens is 3. The summed E-state index contributed by atoms with van der Waals surface area (Å²) >= 11 is 3.65. The average molecular weight is 381 g/mol. The second-order valence-corrected chi connectivity index (χ2v) is 8.40. The zero-order valence-corrected chi connectivity index (χ0v) is 16.2. The van der Waals surface area contributed by atoms with E-state index in [0.29, 0.717) is 0 Å². The van der Waals surface area contributed by atoms with Crippen molar-refractivity contribution < 1.29 is 0 Å².